The van der Waals surface area contributed by atoms with Crippen LogP contribution in [0.2, 0.25) is 0 Å². The van der Waals surface area contributed by atoms with Gasteiger partial charge < -0.3 is 15.5 Å². The number of likely N-dealkylation sites (N-methyl/N-ethyl adjacent to an activating group) is 1. The second-order valence-corrected chi connectivity index (χ2v) is 5.66. The van der Waals surface area contributed by atoms with Crippen molar-refractivity contribution in [3.05, 3.63) is 29.3 Å². The van der Waals surface area contributed by atoms with E-state index in [9.17, 15) is 4.79 Å². The molecule has 1 unspecified atom stereocenters. The zero-order valence-corrected chi connectivity index (χ0v) is 11.4. The lowest BCUT2D eigenvalue weighted by Gasteiger charge is -2.31. The van der Waals surface area contributed by atoms with Crippen LogP contribution in [0.25, 0.3) is 0 Å². The first-order valence-corrected chi connectivity index (χ1v) is 7.04. The van der Waals surface area contributed by atoms with E-state index in [1.54, 1.807) is 0 Å². The van der Waals surface area contributed by atoms with Gasteiger partial charge in [0, 0.05) is 37.8 Å². The number of rotatable bonds is 2. The zero-order valence-electron chi connectivity index (χ0n) is 11.4. The van der Waals surface area contributed by atoms with E-state index >= 15 is 0 Å². The fraction of sp³-hybridized carbons (Fsp3) is 0.533. The predicted molar refractivity (Wildman–Crippen MR) is 76.4 cm³/mol. The Balaban J connectivity index is 1.70. The van der Waals surface area contributed by atoms with Gasteiger partial charge in [-0.1, -0.05) is 12.1 Å². The van der Waals surface area contributed by atoms with Crippen LogP contribution < -0.4 is 10.6 Å². The van der Waals surface area contributed by atoms with Crippen LogP contribution in [0.3, 0.4) is 0 Å². The van der Waals surface area contributed by atoms with Crippen LogP contribution in [0.15, 0.2) is 18.2 Å². The molecule has 0 bridgehead atoms. The molecule has 0 radical (unpaired) electrons. The summed E-state index contributed by atoms with van der Waals surface area (Å²) >= 11 is 0. The summed E-state index contributed by atoms with van der Waals surface area (Å²) in [6, 6.07) is 6.98. The predicted octanol–water partition coefficient (Wildman–Crippen LogP) is 1.02. The van der Waals surface area contributed by atoms with Crippen molar-refractivity contribution >= 4 is 11.6 Å². The highest BCUT2D eigenvalue weighted by atomic mass is 16.1. The van der Waals surface area contributed by atoms with E-state index in [2.05, 4.69) is 34.7 Å². The molecule has 2 N–H and O–H groups in total. The molecule has 0 saturated carbocycles. The molecule has 2 aliphatic rings. The second-order valence-electron chi connectivity index (χ2n) is 5.66. The van der Waals surface area contributed by atoms with E-state index < -0.39 is 0 Å². The third kappa shape index (κ3) is 2.96. The smallest absolute Gasteiger partial charge is 0.224 e. The number of fused-ring (bicyclic) bond motifs is 1. The fourth-order valence-corrected chi connectivity index (χ4v) is 2.98. The Kier molecular flexibility index (Phi) is 3.53. The molecule has 0 aliphatic carbocycles. The third-order valence-electron chi connectivity index (χ3n) is 4.01. The number of carbonyl (C=O) groups is 1. The highest BCUT2D eigenvalue weighted by Gasteiger charge is 2.18. The molecule has 4 nitrogen and oxygen atoms in total. The van der Waals surface area contributed by atoms with Gasteiger partial charge in [0.1, 0.15) is 0 Å². The molecule has 0 aromatic heterocycles. The SMILES string of the molecule is CN1CCNC(Cc2ccc3c(c2)CCC(=O)N3)C1. The van der Waals surface area contributed by atoms with Crippen LogP contribution in [0, 0.1) is 0 Å². The van der Waals surface area contributed by atoms with Gasteiger partial charge in [-0.3, -0.25) is 4.79 Å². The summed E-state index contributed by atoms with van der Waals surface area (Å²) < 4.78 is 0. The average Bonchev–Trinajstić information content (AvgIpc) is 2.39. The van der Waals surface area contributed by atoms with Gasteiger partial charge in [-0.05, 0) is 37.1 Å². The molecule has 1 fully saturated rings. The maximum Gasteiger partial charge on any atom is 0.224 e. The van der Waals surface area contributed by atoms with Gasteiger partial charge in [-0.2, -0.15) is 0 Å². The summed E-state index contributed by atoms with van der Waals surface area (Å²) in [5.74, 6) is 0.135. The highest BCUT2D eigenvalue weighted by molar-refractivity contribution is 5.93. The lowest BCUT2D eigenvalue weighted by Crippen LogP contribution is -2.49. The number of anilines is 1. The van der Waals surface area contributed by atoms with Gasteiger partial charge in [-0.25, -0.2) is 0 Å². The number of nitrogens with one attached hydrogen (secondary N) is 2. The topological polar surface area (TPSA) is 44.4 Å². The van der Waals surface area contributed by atoms with Crippen molar-refractivity contribution in [2.45, 2.75) is 25.3 Å². The minimum absolute atomic E-state index is 0.135. The molecular formula is C15H21N3O. The summed E-state index contributed by atoms with van der Waals surface area (Å²) in [5.41, 5.74) is 3.64. The number of piperazine rings is 1. The van der Waals surface area contributed by atoms with E-state index in [1.165, 1.54) is 11.1 Å². The standard InChI is InChI=1S/C15H21N3O/c1-18-7-6-16-13(10-18)9-11-2-4-14-12(8-11)3-5-15(19)17-14/h2,4,8,13,16H,3,5-7,9-10H2,1H3,(H,17,19). The van der Waals surface area contributed by atoms with Gasteiger partial charge in [0.25, 0.3) is 0 Å². The zero-order chi connectivity index (χ0) is 13.2. The van der Waals surface area contributed by atoms with Crippen LogP contribution in [0.1, 0.15) is 17.5 Å². The maximum atomic E-state index is 11.3. The maximum absolute atomic E-state index is 11.3. The number of carbonyl (C=O) groups excluding carboxylic acids is 1. The molecule has 2 heterocycles. The van der Waals surface area contributed by atoms with Crippen molar-refractivity contribution in [2.75, 3.05) is 32.0 Å². The quantitative estimate of drug-likeness (QED) is 0.833. The Bertz CT molecular complexity index is 486. The van der Waals surface area contributed by atoms with Crippen LogP contribution in [-0.4, -0.2) is 43.5 Å². The lowest BCUT2D eigenvalue weighted by atomic mass is 9.97. The van der Waals surface area contributed by atoms with Crippen molar-refractivity contribution < 1.29 is 4.79 Å². The molecular weight excluding hydrogens is 238 g/mol. The number of nitrogens with zero attached hydrogens (tertiary/aromatic N) is 1. The van der Waals surface area contributed by atoms with Crippen molar-refractivity contribution in [2.24, 2.45) is 0 Å². The van der Waals surface area contributed by atoms with Crippen LogP contribution in [0.4, 0.5) is 5.69 Å². The molecule has 19 heavy (non-hydrogen) atoms. The van der Waals surface area contributed by atoms with E-state index in [1.807, 2.05) is 6.07 Å². The third-order valence-corrected chi connectivity index (χ3v) is 4.01. The highest BCUT2D eigenvalue weighted by Crippen LogP contribution is 2.24. The Morgan fingerprint density at radius 1 is 1.37 bits per heavy atom. The normalized spacial score (nSPS) is 23.8. The largest absolute Gasteiger partial charge is 0.326 e. The number of aryl methyl sites for hydroxylation is 1. The van der Waals surface area contributed by atoms with Crippen molar-refractivity contribution in [1.82, 2.24) is 10.2 Å². The van der Waals surface area contributed by atoms with E-state index in [-0.39, 0.29) is 5.91 Å². The molecule has 1 aromatic carbocycles. The Hall–Kier alpha value is -1.39. The number of benzene rings is 1. The molecule has 102 valence electrons. The molecule has 4 heteroatoms. The Morgan fingerprint density at radius 2 is 2.26 bits per heavy atom. The van der Waals surface area contributed by atoms with Crippen LogP contribution in [0.5, 0.6) is 0 Å². The van der Waals surface area contributed by atoms with Gasteiger partial charge in [0.15, 0.2) is 0 Å². The van der Waals surface area contributed by atoms with Crippen LogP contribution in [-0.2, 0) is 17.6 Å². The van der Waals surface area contributed by atoms with Gasteiger partial charge >= 0.3 is 0 Å². The number of amides is 1. The summed E-state index contributed by atoms with van der Waals surface area (Å²) in [6.07, 6.45) is 2.54. The summed E-state index contributed by atoms with van der Waals surface area (Å²) in [5, 5.41) is 6.51. The first-order chi connectivity index (χ1) is 9.20. The van der Waals surface area contributed by atoms with Gasteiger partial charge in [0.2, 0.25) is 5.91 Å². The first-order valence-electron chi connectivity index (χ1n) is 7.04. The van der Waals surface area contributed by atoms with Crippen molar-refractivity contribution in [3.8, 4) is 0 Å². The van der Waals surface area contributed by atoms with Crippen molar-refractivity contribution in [3.63, 3.8) is 0 Å². The minimum Gasteiger partial charge on any atom is -0.326 e. The second kappa shape index (κ2) is 5.31. The molecule has 2 aliphatic heterocycles. The molecule has 1 atom stereocenters. The number of hydrogen-bond donors (Lipinski definition) is 2. The summed E-state index contributed by atoms with van der Waals surface area (Å²) in [4.78, 5) is 13.7. The molecule has 0 spiro atoms. The van der Waals surface area contributed by atoms with E-state index in [4.69, 9.17) is 0 Å². The molecule has 1 amide bonds. The van der Waals surface area contributed by atoms with Crippen LogP contribution >= 0.6 is 0 Å². The minimum atomic E-state index is 0.135. The lowest BCUT2D eigenvalue weighted by molar-refractivity contribution is -0.116. The number of hydrogen-bond acceptors (Lipinski definition) is 3. The summed E-state index contributed by atoms with van der Waals surface area (Å²) in [7, 11) is 2.18. The van der Waals surface area contributed by atoms with E-state index in [0.717, 1.165) is 38.2 Å². The molecule has 1 saturated heterocycles. The van der Waals surface area contributed by atoms with E-state index in [0.29, 0.717) is 12.5 Å². The average molecular weight is 259 g/mol. The monoisotopic (exact) mass is 259 g/mol. The summed E-state index contributed by atoms with van der Waals surface area (Å²) in [6.45, 7) is 3.31. The van der Waals surface area contributed by atoms with Gasteiger partial charge in [0.05, 0.1) is 0 Å². The Labute approximate surface area is 114 Å². The van der Waals surface area contributed by atoms with Gasteiger partial charge in [-0.15, -0.1) is 0 Å². The van der Waals surface area contributed by atoms with Crippen molar-refractivity contribution in [1.29, 1.82) is 0 Å². The molecule has 3 rings (SSSR count). The molecule has 1 aromatic rings. The Morgan fingerprint density at radius 3 is 3.11 bits per heavy atom. The first kappa shape index (κ1) is 12.6. The fourth-order valence-electron chi connectivity index (χ4n) is 2.98.